The minimum atomic E-state index is -0.122. The lowest BCUT2D eigenvalue weighted by Gasteiger charge is -2.14. The summed E-state index contributed by atoms with van der Waals surface area (Å²) in [6.45, 7) is 8.42. The number of amides is 1. The molecule has 6 heteroatoms. The van der Waals surface area contributed by atoms with Gasteiger partial charge in [0.2, 0.25) is 0 Å². The molecule has 1 aromatic carbocycles. The van der Waals surface area contributed by atoms with E-state index in [2.05, 4.69) is 5.32 Å². The quantitative estimate of drug-likeness (QED) is 0.684. The molecule has 0 heterocycles. The summed E-state index contributed by atoms with van der Waals surface area (Å²) in [5, 5.41) is 2.88. The van der Waals surface area contributed by atoms with Crippen molar-refractivity contribution in [3.8, 4) is 11.5 Å². The Morgan fingerprint density at radius 1 is 1.17 bits per heavy atom. The van der Waals surface area contributed by atoms with Gasteiger partial charge in [-0.2, -0.15) is 0 Å². The molecule has 0 saturated carbocycles. The van der Waals surface area contributed by atoms with E-state index in [1.54, 1.807) is 18.2 Å². The van der Waals surface area contributed by atoms with Crippen LogP contribution < -0.4 is 20.5 Å². The van der Waals surface area contributed by atoms with Crippen LogP contribution in [0.15, 0.2) is 18.2 Å². The van der Waals surface area contributed by atoms with Gasteiger partial charge in [-0.3, -0.25) is 4.79 Å². The van der Waals surface area contributed by atoms with Crippen LogP contribution in [-0.4, -0.2) is 32.2 Å². The summed E-state index contributed by atoms with van der Waals surface area (Å²) in [4.78, 5) is 12.2. The standard InChI is InChI=1S/C17H28N2O3.ClH/c1-4-8-21-15-7-6-14(10-16(15)22-9-5-2)17(20)19-12-13(3)11-18;/h6-7,10,13H,4-5,8-9,11-12,18H2,1-3H3,(H,19,20);1H. The number of hydrogen-bond donors (Lipinski definition) is 2. The van der Waals surface area contributed by atoms with Crippen molar-refractivity contribution in [2.45, 2.75) is 33.6 Å². The summed E-state index contributed by atoms with van der Waals surface area (Å²) in [6.07, 6.45) is 1.82. The molecule has 1 aromatic rings. The van der Waals surface area contributed by atoms with E-state index < -0.39 is 0 Å². The number of hydrogen-bond acceptors (Lipinski definition) is 4. The molecule has 0 fully saturated rings. The first-order valence-electron chi connectivity index (χ1n) is 8.00. The molecule has 0 aliphatic rings. The lowest BCUT2D eigenvalue weighted by atomic mass is 10.1. The fraction of sp³-hybridized carbons (Fsp3) is 0.588. The molecule has 0 spiro atoms. The van der Waals surface area contributed by atoms with E-state index in [0.717, 1.165) is 12.8 Å². The molecule has 0 radical (unpaired) electrons. The average Bonchev–Trinajstić information content (AvgIpc) is 2.55. The van der Waals surface area contributed by atoms with Gasteiger partial charge in [-0.1, -0.05) is 20.8 Å². The Labute approximate surface area is 145 Å². The fourth-order valence-electron chi connectivity index (χ4n) is 1.76. The topological polar surface area (TPSA) is 73.6 Å². The number of carbonyl (C=O) groups excluding carboxylic acids is 1. The summed E-state index contributed by atoms with van der Waals surface area (Å²) in [6, 6.07) is 5.29. The van der Waals surface area contributed by atoms with Crippen molar-refractivity contribution in [2.75, 3.05) is 26.3 Å². The van der Waals surface area contributed by atoms with E-state index in [1.807, 2.05) is 20.8 Å². The van der Waals surface area contributed by atoms with Crippen molar-refractivity contribution in [3.63, 3.8) is 0 Å². The highest BCUT2D eigenvalue weighted by Gasteiger charge is 2.12. The highest BCUT2D eigenvalue weighted by molar-refractivity contribution is 5.94. The molecule has 0 aromatic heterocycles. The summed E-state index contributed by atoms with van der Waals surface area (Å²) >= 11 is 0. The number of carbonyl (C=O) groups is 1. The van der Waals surface area contributed by atoms with E-state index in [1.165, 1.54) is 0 Å². The maximum absolute atomic E-state index is 12.2. The second-order valence-electron chi connectivity index (χ2n) is 5.41. The smallest absolute Gasteiger partial charge is 0.251 e. The second kappa shape index (κ2) is 12.0. The number of halogens is 1. The first-order valence-corrected chi connectivity index (χ1v) is 8.00. The van der Waals surface area contributed by atoms with Gasteiger partial charge in [-0.15, -0.1) is 12.4 Å². The van der Waals surface area contributed by atoms with Gasteiger partial charge in [0.15, 0.2) is 11.5 Å². The van der Waals surface area contributed by atoms with E-state index in [4.69, 9.17) is 15.2 Å². The third-order valence-corrected chi connectivity index (χ3v) is 3.14. The Hall–Kier alpha value is -1.46. The monoisotopic (exact) mass is 344 g/mol. The van der Waals surface area contributed by atoms with E-state index in [0.29, 0.717) is 43.4 Å². The van der Waals surface area contributed by atoms with Gasteiger partial charge in [-0.05, 0) is 43.5 Å². The van der Waals surface area contributed by atoms with Crippen LogP contribution in [0.3, 0.4) is 0 Å². The van der Waals surface area contributed by atoms with E-state index in [9.17, 15) is 4.79 Å². The molecule has 5 nitrogen and oxygen atoms in total. The van der Waals surface area contributed by atoms with Gasteiger partial charge >= 0.3 is 0 Å². The Balaban J connectivity index is 0.00000484. The summed E-state index contributed by atoms with van der Waals surface area (Å²) < 4.78 is 11.4. The molecular formula is C17H29ClN2O3. The van der Waals surface area contributed by atoms with Crippen molar-refractivity contribution in [3.05, 3.63) is 23.8 Å². The zero-order valence-corrected chi connectivity index (χ0v) is 15.1. The first-order chi connectivity index (χ1) is 10.6. The molecule has 23 heavy (non-hydrogen) atoms. The Morgan fingerprint density at radius 3 is 2.35 bits per heavy atom. The van der Waals surface area contributed by atoms with Gasteiger partial charge in [0, 0.05) is 12.1 Å². The lowest BCUT2D eigenvalue weighted by molar-refractivity contribution is 0.0948. The molecule has 1 amide bonds. The zero-order valence-electron chi connectivity index (χ0n) is 14.3. The minimum Gasteiger partial charge on any atom is -0.490 e. The third kappa shape index (κ3) is 7.57. The highest BCUT2D eigenvalue weighted by atomic mass is 35.5. The maximum Gasteiger partial charge on any atom is 0.251 e. The predicted molar refractivity (Wildman–Crippen MR) is 95.8 cm³/mol. The Bertz CT molecular complexity index is 469. The lowest BCUT2D eigenvalue weighted by Crippen LogP contribution is -2.31. The van der Waals surface area contributed by atoms with Gasteiger partial charge in [0.05, 0.1) is 13.2 Å². The largest absolute Gasteiger partial charge is 0.490 e. The Kier molecular flexibility index (Phi) is 11.3. The molecule has 3 N–H and O–H groups in total. The minimum absolute atomic E-state index is 0. The van der Waals surface area contributed by atoms with E-state index in [-0.39, 0.29) is 24.2 Å². The van der Waals surface area contributed by atoms with Crippen molar-refractivity contribution in [2.24, 2.45) is 11.7 Å². The molecule has 0 aliphatic carbocycles. The predicted octanol–water partition coefficient (Wildman–Crippen LogP) is 3.01. The number of nitrogens with one attached hydrogen (secondary N) is 1. The maximum atomic E-state index is 12.2. The molecule has 0 saturated heterocycles. The SMILES string of the molecule is CCCOc1ccc(C(=O)NCC(C)CN)cc1OCCC.Cl. The van der Waals surface area contributed by atoms with Crippen LogP contribution in [0.2, 0.25) is 0 Å². The van der Waals surface area contributed by atoms with Crippen LogP contribution in [-0.2, 0) is 0 Å². The van der Waals surface area contributed by atoms with Gasteiger partial charge in [-0.25, -0.2) is 0 Å². The normalized spacial score (nSPS) is 11.3. The average molecular weight is 345 g/mol. The molecule has 1 rings (SSSR count). The van der Waals surface area contributed by atoms with E-state index >= 15 is 0 Å². The van der Waals surface area contributed by atoms with Crippen LogP contribution in [0.4, 0.5) is 0 Å². The second-order valence-corrected chi connectivity index (χ2v) is 5.41. The fourth-order valence-corrected chi connectivity index (χ4v) is 1.76. The van der Waals surface area contributed by atoms with Crippen LogP contribution in [0.1, 0.15) is 44.0 Å². The van der Waals surface area contributed by atoms with Crippen molar-refractivity contribution in [1.29, 1.82) is 0 Å². The number of benzene rings is 1. The van der Waals surface area contributed by atoms with Gasteiger partial charge in [0.1, 0.15) is 0 Å². The van der Waals surface area contributed by atoms with Crippen LogP contribution in [0.5, 0.6) is 11.5 Å². The summed E-state index contributed by atoms with van der Waals surface area (Å²) in [5.74, 6) is 1.44. The molecule has 1 atom stereocenters. The number of nitrogens with two attached hydrogens (primary N) is 1. The third-order valence-electron chi connectivity index (χ3n) is 3.14. The van der Waals surface area contributed by atoms with Crippen LogP contribution in [0.25, 0.3) is 0 Å². The van der Waals surface area contributed by atoms with Crippen LogP contribution >= 0.6 is 12.4 Å². The first kappa shape index (κ1) is 21.5. The molecule has 132 valence electrons. The van der Waals surface area contributed by atoms with Gasteiger partial charge < -0.3 is 20.5 Å². The number of rotatable bonds is 10. The van der Waals surface area contributed by atoms with Crippen molar-refractivity contribution < 1.29 is 14.3 Å². The van der Waals surface area contributed by atoms with Crippen LogP contribution in [0, 0.1) is 5.92 Å². The summed E-state index contributed by atoms with van der Waals surface area (Å²) in [7, 11) is 0. The molecular weight excluding hydrogens is 316 g/mol. The Morgan fingerprint density at radius 2 is 1.78 bits per heavy atom. The highest BCUT2D eigenvalue weighted by Crippen LogP contribution is 2.28. The van der Waals surface area contributed by atoms with Crippen molar-refractivity contribution in [1.82, 2.24) is 5.32 Å². The molecule has 0 bridgehead atoms. The molecule has 1 unspecified atom stereocenters. The van der Waals surface area contributed by atoms with Crippen molar-refractivity contribution >= 4 is 18.3 Å². The molecule has 0 aliphatic heterocycles. The van der Waals surface area contributed by atoms with Gasteiger partial charge in [0.25, 0.3) is 5.91 Å². The zero-order chi connectivity index (χ0) is 16.4. The number of ether oxygens (including phenoxy) is 2. The summed E-state index contributed by atoms with van der Waals surface area (Å²) in [5.41, 5.74) is 6.12.